The summed E-state index contributed by atoms with van der Waals surface area (Å²) in [7, 11) is 1.89. The van der Waals surface area contributed by atoms with Gasteiger partial charge in [-0.05, 0) is 73.2 Å². The van der Waals surface area contributed by atoms with Crippen molar-refractivity contribution < 1.29 is 23.4 Å². The lowest BCUT2D eigenvalue weighted by atomic mass is 10.00. The SMILES string of the molecule is CCC.CN(Sc1ccc(NC(=O)CO)cc1)c1ccc2c(c1)nc(C(C)(F)F)n2CC1CCOCC1. The normalized spacial score (nSPS) is 14.2. The summed E-state index contributed by atoms with van der Waals surface area (Å²) in [6, 6.07) is 12.8. The average molecular weight is 535 g/mol. The number of nitrogens with zero attached hydrogens (tertiary/aromatic N) is 3. The lowest BCUT2D eigenvalue weighted by Crippen LogP contribution is -2.24. The van der Waals surface area contributed by atoms with Gasteiger partial charge in [-0.3, -0.25) is 4.79 Å². The Bertz CT molecular complexity index is 1160. The van der Waals surface area contributed by atoms with Crippen molar-refractivity contribution in [2.45, 2.75) is 57.4 Å². The van der Waals surface area contributed by atoms with E-state index in [2.05, 4.69) is 24.1 Å². The highest BCUT2D eigenvalue weighted by atomic mass is 32.2. The van der Waals surface area contributed by atoms with Crippen LogP contribution in [0.15, 0.2) is 47.4 Å². The van der Waals surface area contributed by atoms with Gasteiger partial charge in [0, 0.05) is 50.0 Å². The van der Waals surface area contributed by atoms with Crippen molar-refractivity contribution in [2.24, 2.45) is 5.92 Å². The number of carbonyl (C=O) groups is 1. The molecule has 2 heterocycles. The molecule has 7 nitrogen and oxygen atoms in total. The number of amides is 1. The number of halogens is 2. The Morgan fingerprint density at radius 1 is 1.22 bits per heavy atom. The molecule has 0 radical (unpaired) electrons. The Hall–Kier alpha value is -2.69. The number of hydrogen-bond acceptors (Lipinski definition) is 6. The van der Waals surface area contributed by atoms with Gasteiger partial charge in [0.25, 0.3) is 0 Å². The molecular weight excluding hydrogens is 498 g/mol. The predicted octanol–water partition coefficient (Wildman–Crippen LogP) is 6.07. The zero-order chi connectivity index (χ0) is 27.0. The van der Waals surface area contributed by atoms with Crippen LogP contribution in [0.5, 0.6) is 0 Å². The lowest BCUT2D eigenvalue weighted by Gasteiger charge is -2.24. The number of benzene rings is 2. The highest BCUT2D eigenvalue weighted by molar-refractivity contribution is 8.00. The first-order valence-corrected chi connectivity index (χ1v) is 13.3. The first-order chi connectivity index (χ1) is 17.7. The second-order valence-corrected chi connectivity index (χ2v) is 10.4. The molecule has 0 spiro atoms. The van der Waals surface area contributed by atoms with Crippen LogP contribution in [0.1, 0.15) is 45.9 Å². The fourth-order valence-corrected chi connectivity index (χ4v) is 4.82. The molecule has 1 amide bonds. The molecule has 2 N–H and O–H groups in total. The minimum atomic E-state index is -3.04. The first kappa shape index (κ1) is 28.9. The summed E-state index contributed by atoms with van der Waals surface area (Å²) >= 11 is 1.46. The molecule has 0 atom stereocenters. The summed E-state index contributed by atoms with van der Waals surface area (Å²) in [6.45, 7) is 6.40. The standard InChI is InChI=1S/C24H28F2N4O3S.C3H8/c1-24(25,26)23-28-20-13-18(5-8-21(20)30(23)14-16-9-11-33-12-10-16)29(2)34-19-6-3-17(4-7-19)27-22(32)15-31;1-3-2/h3-8,13,16,31H,9-12,14-15H2,1-2H3,(H,27,32);3H2,1-2H3. The van der Waals surface area contributed by atoms with E-state index >= 15 is 0 Å². The molecule has 1 fully saturated rings. The van der Waals surface area contributed by atoms with Gasteiger partial charge in [-0.15, -0.1) is 0 Å². The zero-order valence-corrected chi connectivity index (χ0v) is 22.7. The van der Waals surface area contributed by atoms with Crippen LogP contribution in [0.25, 0.3) is 11.0 Å². The summed E-state index contributed by atoms with van der Waals surface area (Å²) in [5.41, 5.74) is 2.66. The molecule has 3 aromatic rings. The number of rotatable bonds is 8. The number of aliphatic hydroxyl groups excluding tert-OH is 1. The number of nitrogens with one attached hydrogen (secondary N) is 1. The van der Waals surface area contributed by atoms with Gasteiger partial charge < -0.3 is 24.0 Å². The Balaban J connectivity index is 0.00000121. The number of hydrogen-bond donors (Lipinski definition) is 2. The van der Waals surface area contributed by atoms with Gasteiger partial charge in [0.2, 0.25) is 5.91 Å². The van der Waals surface area contributed by atoms with Crippen LogP contribution in [0, 0.1) is 5.92 Å². The van der Waals surface area contributed by atoms with Crippen LogP contribution in [-0.2, 0) is 22.0 Å². The molecule has 4 rings (SSSR count). The van der Waals surface area contributed by atoms with Crippen molar-refractivity contribution >= 4 is 40.3 Å². The van der Waals surface area contributed by atoms with E-state index in [1.807, 2.05) is 41.7 Å². The van der Waals surface area contributed by atoms with E-state index in [1.165, 1.54) is 18.4 Å². The summed E-state index contributed by atoms with van der Waals surface area (Å²) in [4.78, 5) is 16.6. The predicted molar refractivity (Wildman–Crippen MR) is 145 cm³/mol. The molecule has 10 heteroatoms. The highest BCUT2D eigenvalue weighted by Gasteiger charge is 2.33. The molecule has 0 bridgehead atoms. The lowest BCUT2D eigenvalue weighted by molar-refractivity contribution is -0.118. The number of imidazole rings is 1. The molecule has 1 aromatic heterocycles. The fourth-order valence-electron chi connectivity index (χ4n) is 4.03. The number of aliphatic hydroxyl groups is 1. The largest absolute Gasteiger partial charge is 0.387 e. The maximum absolute atomic E-state index is 14.4. The number of fused-ring (bicyclic) bond motifs is 1. The Morgan fingerprint density at radius 2 is 1.86 bits per heavy atom. The molecule has 202 valence electrons. The number of aromatic nitrogens is 2. The number of ether oxygens (including phenoxy) is 1. The van der Waals surface area contributed by atoms with Crippen LogP contribution < -0.4 is 9.62 Å². The molecular formula is C27H36F2N4O3S. The van der Waals surface area contributed by atoms with Crippen LogP contribution >= 0.6 is 11.9 Å². The number of carbonyl (C=O) groups excluding carboxylic acids is 1. The molecule has 1 aliphatic heterocycles. The van der Waals surface area contributed by atoms with Gasteiger partial charge >= 0.3 is 5.92 Å². The minimum Gasteiger partial charge on any atom is -0.387 e. The number of alkyl halides is 2. The monoisotopic (exact) mass is 534 g/mol. The summed E-state index contributed by atoms with van der Waals surface area (Å²) in [5.74, 6) is -3.44. The van der Waals surface area contributed by atoms with E-state index in [9.17, 15) is 13.6 Å². The molecule has 1 saturated heterocycles. The third-order valence-electron chi connectivity index (χ3n) is 5.79. The van der Waals surface area contributed by atoms with Crippen LogP contribution in [0.2, 0.25) is 0 Å². The van der Waals surface area contributed by atoms with Crippen molar-refractivity contribution in [1.29, 1.82) is 0 Å². The molecule has 2 aromatic carbocycles. The highest BCUT2D eigenvalue weighted by Crippen LogP contribution is 2.35. The Kier molecular flexibility index (Phi) is 10.3. The van der Waals surface area contributed by atoms with E-state index in [4.69, 9.17) is 9.84 Å². The third kappa shape index (κ3) is 7.90. The summed E-state index contributed by atoms with van der Waals surface area (Å²) in [5, 5.41) is 11.4. The third-order valence-corrected chi connectivity index (χ3v) is 6.76. The maximum atomic E-state index is 14.4. The second-order valence-electron chi connectivity index (χ2n) is 9.19. The second kappa shape index (κ2) is 13.2. The average Bonchev–Trinajstić information content (AvgIpc) is 3.24. The Morgan fingerprint density at radius 3 is 2.46 bits per heavy atom. The van der Waals surface area contributed by atoms with Crippen molar-refractivity contribution in [3.8, 4) is 0 Å². The van der Waals surface area contributed by atoms with Gasteiger partial charge in [0.05, 0.1) is 11.0 Å². The minimum absolute atomic E-state index is 0.207. The summed E-state index contributed by atoms with van der Waals surface area (Å²) < 4.78 is 37.9. The Labute approximate surface area is 221 Å². The molecule has 1 aliphatic rings. The maximum Gasteiger partial charge on any atom is 0.302 e. The topological polar surface area (TPSA) is 79.6 Å². The van der Waals surface area contributed by atoms with Crippen LogP contribution in [0.4, 0.5) is 20.2 Å². The van der Waals surface area contributed by atoms with Gasteiger partial charge in [-0.25, -0.2) is 4.98 Å². The van der Waals surface area contributed by atoms with Crippen molar-refractivity contribution in [1.82, 2.24) is 9.55 Å². The molecule has 0 unspecified atom stereocenters. The smallest absolute Gasteiger partial charge is 0.302 e. The molecule has 0 saturated carbocycles. The van der Waals surface area contributed by atoms with Gasteiger partial charge in [0.15, 0.2) is 5.82 Å². The first-order valence-electron chi connectivity index (χ1n) is 12.5. The molecule has 37 heavy (non-hydrogen) atoms. The van der Waals surface area contributed by atoms with E-state index in [-0.39, 0.29) is 11.7 Å². The van der Waals surface area contributed by atoms with E-state index in [1.54, 1.807) is 16.7 Å². The zero-order valence-electron chi connectivity index (χ0n) is 21.8. The fraction of sp³-hybridized carbons (Fsp3) is 0.481. The van der Waals surface area contributed by atoms with Gasteiger partial charge in [0.1, 0.15) is 6.61 Å². The van der Waals surface area contributed by atoms with E-state index in [0.29, 0.717) is 36.5 Å². The van der Waals surface area contributed by atoms with Crippen molar-refractivity contribution in [3.63, 3.8) is 0 Å². The van der Waals surface area contributed by atoms with E-state index < -0.39 is 18.4 Å². The van der Waals surface area contributed by atoms with Crippen molar-refractivity contribution in [2.75, 3.05) is 36.5 Å². The molecule has 0 aliphatic carbocycles. The van der Waals surface area contributed by atoms with Crippen molar-refractivity contribution in [3.05, 3.63) is 48.3 Å². The van der Waals surface area contributed by atoms with E-state index in [0.717, 1.165) is 30.3 Å². The summed E-state index contributed by atoms with van der Waals surface area (Å²) in [6.07, 6.45) is 2.96. The van der Waals surface area contributed by atoms with Crippen LogP contribution in [-0.4, -0.2) is 47.4 Å². The van der Waals surface area contributed by atoms with Gasteiger partial charge in [-0.2, -0.15) is 8.78 Å². The quantitative estimate of drug-likeness (QED) is 0.342. The van der Waals surface area contributed by atoms with Crippen LogP contribution in [0.3, 0.4) is 0 Å². The number of anilines is 2. The van der Waals surface area contributed by atoms with Gasteiger partial charge in [-0.1, -0.05) is 20.3 Å².